The lowest BCUT2D eigenvalue weighted by Gasteiger charge is -2.33. The van der Waals surface area contributed by atoms with Gasteiger partial charge in [-0.15, -0.1) is 0 Å². The van der Waals surface area contributed by atoms with Gasteiger partial charge >= 0.3 is 5.97 Å². The average Bonchev–Trinajstić information content (AvgIpc) is 2.39. The van der Waals surface area contributed by atoms with Crippen LogP contribution in [0.2, 0.25) is 0 Å². The number of carbonyl (C=O) groups is 1. The van der Waals surface area contributed by atoms with Gasteiger partial charge in [0.1, 0.15) is 0 Å². The Morgan fingerprint density at radius 1 is 1.60 bits per heavy atom. The maximum Gasteiger partial charge on any atom is 0.328 e. The van der Waals surface area contributed by atoms with Crippen molar-refractivity contribution in [3.8, 4) is 0 Å². The van der Waals surface area contributed by atoms with Gasteiger partial charge in [-0.05, 0) is 31.1 Å². The molecule has 0 spiro atoms. The summed E-state index contributed by atoms with van der Waals surface area (Å²) in [6.45, 7) is 4.46. The number of hydrogen-bond acceptors (Lipinski definition) is 1. The van der Waals surface area contributed by atoms with Crippen molar-refractivity contribution >= 4 is 5.97 Å². The zero-order chi connectivity index (χ0) is 11.0. The molecule has 2 rings (SSSR count). The fourth-order valence-electron chi connectivity index (χ4n) is 2.80. The van der Waals surface area contributed by atoms with Crippen molar-refractivity contribution in [2.24, 2.45) is 17.8 Å². The van der Waals surface area contributed by atoms with Gasteiger partial charge in [0.2, 0.25) is 0 Å². The van der Waals surface area contributed by atoms with E-state index in [1.807, 2.05) is 0 Å². The molecule has 2 atom stereocenters. The number of fused-ring (bicyclic) bond motifs is 1. The first-order valence-electron chi connectivity index (χ1n) is 5.69. The molecule has 2 heteroatoms. The fraction of sp³-hybridized carbons (Fsp3) is 0.615. The summed E-state index contributed by atoms with van der Waals surface area (Å²) in [5.41, 5.74) is 2.65. The molecule has 0 aliphatic heterocycles. The van der Waals surface area contributed by atoms with Gasteiger partial charge in [0.25, 0.3) is 0 Å². The molecule has 1 saturated carbocycles. The van der Waals surface area contributed by atoms with E-state index < -0.39 is 5.97 Å². The van der Waals surface area contributed by atoms with Crippen LogP contribution in [0, 0.1) is 17.8 Å². The van der Waals surface area contributed by atoms with E-state index in [2.05, 4.69) is 19.9 Å². The van der Waals surface area contributed by atoms with Gasteiger partial charge in [0, 0.05) is 12.0 Å². The lowest BCUT2D eigenvalue weighted by atomic mass is 9.71. The predicted molar refractivity (Wildman–Crippen MR) is 59.5 cm³/mol. The van der Waals surface area contributed by atoms with E-state index in [1.165, 1.54) is 24.5 Å². The van der Waals surface area contributed by atoms with Gasteiger partial charge in [-0.2, -0.15) is 0 Å². The van der Waals surface area contributed by atoms with Gasteiger partial charge in [-0.25, -0.2) is 4.79 Å². The second-order valence-corrected chi connectivity index (χ2v) is 5.17. The zero-order valence-electron chi connectivity index (χ0n) is 9.36. The molecular formula is C13H18O2. The molecule has 0 heterocycles. The van der Waals surface area contributed by atoms with Crippen molar-refractivity contribution in [1.29, 1.82) is 0 Å². The third-order valence-electron chi connectivity index (χ3n) is 3.35. The maximum atomic E-state index is 10.6. The molecule has 2 aliphatic carbocycles. The van der Waals surface area contributed by atoms with Crippen molar-refractivity contribution < 1.29 is 9.90 Å². The van der Waals surface area contributed by atoms with Crippen LogP contribution in [0.15, 0.2) is 23.3 Å². The van der Waals surface area contributed by atoms with Crippen LogP contribution < -0.4 is 0 Å². The van der Waals surface area contributed by atoms with Gasteiger partial charge in [0.15, 0.2) is 0 Å². The summed E-state index contributed by atoms with van der Waals surface area (Å²) in [4.78, 5) is 10.6. The molecule has 82 valence electrons. The highest BCUT2D eigenvalue weighted by atomic mass is 16.4. The van der Waals surface area contributed by atoms with E-state index in [1.54, 1.807) is 0 Å². The number of hydrogen-bond donors (Lipinski definition) is 1. The number of allylic oxidation sites excluding steroid dienone is 3. The quantitative estimate of drug-likeness (QED) is 0.569. The van der Waals surface area contributed by atoms with E-state index in [0.717, 1.165) is 12.0 Å². The zero-order valence-corrected chi connectivity index (χ0v) is 9.36. The molecule has 0 radical (unpaired) electrons. The summed E-state index contributed by atoms with van der Waals surface area (Å²) in [6.07, 6.45) is 7.07. The lowest BCUT2D eigenvalue weighted by Crippen LogP contribution is -2.24. The van der Waals surface area contributed by atoms with E-state index >= 15 is 0 Å². The van der Waals surface area contributed by atoms with Crippen LogP contribution >= 0.6 is 0 Å². The summed E-state index contributed by atoms with van der Waals surface area (Å²) in [7, 11) is 0. The smallest absolute Gasteiger partial charge is 0.328 e. The summed E-state index contributed by atoms with van der Waals surface area (Å²) in [6, 6.07) is 0. The summed E-state index contributed by atoms with van der Waals surface area (Å²) in [5, 5.41) is 8.68. The molecular weight excluding hydrogens is 188 g/mol. The highest BCUT2D eigenvalue weighted by Crippen LogP contribution is 2.50. The molecule has 0 amide bonds. The summed E-state index contributed by atoms with van der Waals surface area (Å²) in [5.74, 6) is 1.08. The molecule has 2 aliphatic rings. The minimum Gasteiger partial charge on any atom is -0.478 e. The molecule has 0 aromatic rings. The molecule has 15 heavy (non-hydrogen) atoms. The van der Waals surface area contributed by atoms with Gasteiger partial charge in [-0.3, -0.25) is 0 Å². The van der Waals surface area contributed by atoms with E-state index in [-0.39, 0.29) is 0 Å². The van der Waals surface area contributed by atoms with Crippen molar-refractivity contribution in [3.63, 3.8) is 0 Å². The van der Waals surface area contributed by atoms with Gasteiger partial charge in [0.05, 0.1) is 0 Å². The molecule has 0 saturated heterocycles. The van der Waals surface area contributed by atoms with Crippen LogP contribution in [0.1, 0.15) is 33.1 Å². The molecule has 1 N–H and O–H groups in total. The second-order valence-electron chi connectivity index (χ2n) is 5.17. The summed E-state index contributed by atoms with van der Waals surface area (Å²) >= 11 is 0. The first kappa shape index (κ1) is 10.5. The Kier molecular flexibility index (Phi) is 2.68. The highest BCUT2D eigenvalue weighted by Gasteiger charge is 2.39. The monoisotopic (exact) mass is 206 g/mol. The van der Waals surface area contributed by atoms with Crippen LogP contribution in [0.4, 0.5) is 0 Å². The standard InChI is InChI=1S/C13H18O2/c1-8(2)3-9-4-10-6-11(7-13(14)15)12(10)5-9/h5,7-8,10,12H,3-4,6H2,1-2H3,(H,14,15). The number of aliphatic carboxylic acids is 1. The average molecular weight is 206 g/mol. The SMILES string of the molecule is CC(C)CC1=CC2C(=CC(=O)O)CC2C1. The fourth-order valence-corrected chi connectivity index (χ4v) is 2.80. The minimum absolute atomic E-state index is 0.454. The predicted octanol–water partition coefficient (Wildman–Crippen LogP) is 3.01. The molecule has 0 aromatic heterocycles. The normalized spacial score (nSPS) is 31.4. The Hall–Kier alpha value is -1.05. The van der Waals surface area contributed by atoms with Crippen LogP contribution in [0.25, 0.3) is 0 Å². The Morgan fingerprint density at radius 3 is 2.93 bits per heavy atom. The van der Waals surface area contributed by atoms with Gasteiger partial charge in [-0.1, -0.05) is 31.1 Å². The van der Waals surface area contributed by atoms with Crippen LogP contribution in [-0.4, -0.2) is 11.1 Å². The Morgan fingerprint density at radius 2 is 2.33 bits per heavy atom. The molecule has 0 bridgehead atoms. The van der Waals surface area contributed by atoms with Crippen molar-refractivity contribution in [2.45, 2.75) is 33.1 Å². The molecule has 2 nitrogen and oxygen atoms in total. The van der Waals surface area contributed by atoms with Crippen LogP contribution in [0.3, 0.4) is 0 Å². The maximum absolute atomic E-state index is 10.6. The second kappa shape index (κ2) is 3.84. The third-order valence-corrected chi connectivity index (χ3v) is 3.35. The topological polar surface area (TPSA) is 37.3 Å². The van der Waals surface area contributed by atoms with Gasteiger partial charge < -0.3 is 5.11 Å². The summed E-state index contributed by atoms with van der Waals surface area (Å²) < 4.78 is 0. The van der Waals surface area contributed by atoms with Crippen molar-refractivity contribution in [3.05, 3.63) is 23.3 Å². The molecule has 2 unspecified atom stereocenters. The minimum atomic E-state index is -0.797. The first-order chi connectivity index (χ1) is 7.06. The molecule has 1 fully saturated rings. The lowest BCUT2D eigenvalue weighted by molar-refractivity contribution is -0.131. The Labute approximate surface area is 90.7 Å². The highest BCUT2D eigenvalue weighted by molar-refractivity contribution is 5.81. The number of carboxylic acid groups (broad SMARTS) is 1. The first-order valence-corrected chi connectivity index (χ1v) is 5.69. The number of rotatable bonds is 3. The Balaban J connectivity index is 2.01. The van der Waals surface area contributed by atoms with E-state index in [4.69, 9.17) is 5.11 Å². The molecule has 0 aromatic carbocycles. The van der Waals surface area contributed by atoms with Crippen LogP contribution in [-0.2, 0) is 4.79 Å². The van der Waals surface area contributed by atoms with Crippen LogP contribution in [0.5, 0.6) is 0 Å². The Bertz CT molecular complexity index is 336. The van der Waals surface area contributed by atoms with Crippen molar-refractivity contribution in [2.75, 3.05) is 0 Å². The number of carboxylic acids is 1. The van der Waals surface area contributed by atoms with E-state index in [9.17, 15) is 4.79 Å². The largest absolute Gasteiger partial charge is 0.478 e. The van der Waals surface area contributed by atoms with E-state index in [0.29, 0.717) is 17.8 Å². The third kappa shape index (κ3) is 2.14. The van der Waals surface area contributed by atoms with Crippen molar-refractivity contribution in [1.82, 2.24) is 0 Å².